The summed E-state index contributed by atoms with van der Waals surface area (Å²) in [7, 11) is 0. The van der Waals surface area contributed by atoms with Gasteiger partial charge < -0.3 is 5.11 Å². The van der Waals surface area contributed by atoms with E-state index in [1.807, 2.05) is 6.92 Å². The third kappa shape index (κ3) is 4.02. The van der Waals surface area contributed by atoms with Crippen LogP contribution in [-0.2, 0) is 6.42 Å². The zero-order valence-electron chi connectivity index (χ0n) is 10.7. The fraction of sp³-hybridized carbons (Fsp3) is 0.571. The van der Waals surface area contributed by atoms with Crippen LogP contribution in [0.15, 0.2) is 16.6 Å². The third-order valence-corrected chi connectivity index (χ3v) is 3.83. The molecule has 0 fully saturated rings. The van der Waals surface area contributed by atoms with Gasteiger partial charge in [0.1, 0.15) is 11.6 Å². The molecule has 1 nitrogen and oxygen atoms in total. The topological polar surface area (TPSA) is 20.2 Å². The smallest absolute Gasteiger partial charge is 0.143 e. The van der Waals surface area contributed by atoms with Crippen molar-refractivity contribution in [1.82, 2.24) is 0 Å². The lowest BCUT2D eigenvalue weighted by molar-refractivity contribution is 0.109. The molecule has 0 radical (unpaired) electrons. The number of unbranched alkanes of at least 4 members (excludes halogenated alkanes) is 1. The van der Waals surface area contributed by atoms with Crippen LogP contribution in [0.2, 0.25) is 0 Å². The quantitative estimate of drug-likeness (QED) is 0.767. The van der Waals surface area contributed by atoms with Gasteiger partial charge in [-0.2, -0.15) is 0 Å². The van der Waals surface area contributed by atoms with Crippen LogP contribution >= 0.6 is 15.9 Å². The first-order valence-electron chi connectivity index (χ1n) is 6.27. The van der Waals surface area contributed by atoms with E-state index in [0.717, 1.165) is 19.3 Å². The van der Waals surface area contributed by atoms with E-state index in [9.17, 15) is 13.9 Å². The molecule has 0 amide bonds. The SMILES string of the molecule is CCCCC(C)C(O)Cc1c(F)ccc(Br)c1F. The number of rotatable bonds is 6. The fourth-order valence-corrected chi connectivity index (χ4v) is 2.26. The van der Waals surface area contributed by atoms with Crippen LogP contribution in [-0.4, -0.2) is 11.2 Å². The lowest BCUT2D eigenvalue weighted by Crippen LogP contribution is -2.21. The Morgan fingerprint density at radius 3 is 2.61 bits per heavy atom. The van der Waals surface area contributed by atoms with Gasteiger partial charge in [-0.3, -0.25) is 0 Å². The van der Waals surface area contributed by atoms with Crippen molar-refractivity contribution in [2.45, 2.75) is 45.6 Å². The highest BCUT2D eigenvalue weighted by Crippen LogP contribution is 2.25. The van der Waals surface area contributed by atoms with E-state index in [1.165, 1.54) is 12.1 Å². The van der Waals surface area contributed by atoms with Crippen LogP contribution in [0.3, 0.4) is 0 Å². The maximum Gasteiger partial charge on any atom is 0.143 e. The van der Waals surface area contributed by atoms with Crippen molar-refractivity contribution in [3.05, 3.63) is 33.8 Å². The minimum atomic E-state index is -0.713. The van der Waals surface area contributed by atoms with Crippen LogP contribution in [0.1, 0.15) is 38.7 Å². The standard InChI is InChI=1S/C14H19BrF2O/c1-3-4-5-9(2)13(18)8-10-12(16)7-6-11(15)14(10)17/h6-7,9,13,18H,3-5,8H2,1-2H3. The van der Waals surface area contributed by atoms with Gasteiger partial charge in [0.2, 0.25) is 0 Å². The Balaban J connectivity index is 2.75. The van der Waals surface area contributed by atoms with Crippen molar-refractivity contribution in [1.29, 1.82) is 0 Å². The minimum absolute atomic E-state index is 0.0159. The number of benzene rings is 1. The molecule has 0 bridgehead atoms. The summed E-state index contributed by atoms with van der Waals surface area (Å²) in [5.74, 6) is -1.17. The van der Waals surface area contributed by atoms with Gasteiger partial charge in [-0.15, -0.1) is 0 Å². The van der Waals surface area contributed by atoms with Crippen molar-refractivity contribution < 1.29 is 13.9 Å². The van der Waals surface area contributed by atoms with Gasteiger partial charge in [0.05, 0.1) is 10.6 Å². The highest BCUT2D eigenvalue weighted by Gasteiger charge is 2.20. The number of aliphatic hydroxyl groups excluding tert-OH is 1. The number of aliphatic hydroxyl groups is 1. The van der Waals surface area contributed by atoms with Crippen LogP contribution in [0.5, 0.6) is 0 Å². The maximum atomic E-state index is 13.7. The van der Waals surface area contributed by atoms with Gasteiger partial charge in [0.25, 0.3) is 0 Å². The zero-order valence-corrected chi connectivity index (χ0v) is 12.3. The molecule has 1 aromatic carbocycles. The molecular formula is C14H19BrF2O. The molecule has 18 heavy (non-hydrogen) atoms. The van der Waals surface area contributed by atoms with Crippen LogP contribution in [0, 0.1) is 17.6 Å². The molecule has 0 aliphatic rings. The molecule has 102 valence electrons. The Bertz CT molecular complexity index is 396. The lowest BCUT2D eigenvalue weighted by atomic mass is 9.93. The second-order valence-electron chi connectivity index (χ2n) is 4.71. The van der Waals surface area contributed by atoms with Gasteiger partial charge in [-0.1, -0.05) is 26.7 Å². The van der Waals surface area contributed by atoms with E-state index in [0.29, 0.717) is 0 Å². The first-order valence-corrected chi connectivity index (χ1v) is 7.07. The maximum absolute atomic E-state index is 13.7. The Morgan fingerprint density at radius 2 is 2.00 bits per heavy atom. The van der Waals surface area contributed by atoms with Crippen molar-refractivity contribution in [3.8, 4) is 0 Å². The monoisotopic (exact) mass is 320 g/mol. The van der Waals surface area contributed by atoms with Crippen LogP contribution < -0.4 is 0 Å². The summed E-state index contributed by atoms with van der Waals surface area (Å²) >= 11 is 3.03. The fourth-order valence-electron chi connectivity index (χ4n) is 1.88. The van der Waals surface area contributed by atoms with E-state index in [-0.39, 0.29) is 22.4 Å². The Hall–Kier alpha value is -0.480. The molecule has 1 rings (SSSR count). The highest BCUT2D eigenvalue weighted by atomic mass is 79.9. The highest BCUT2D eigenvalue weighted by molar-refractivity contribution is 9.10. The lowest BCUT2D eigenvalue weighted by Gasteiger charge is -2.19. The van der Waals surface area contributed by atoms with Gasteiger partial charge in [0, 0.05) is 12.0 Å². The van der Waals surface area contributed by atoms with Gasteiger partial charge in [0.15, 0.2) is 0 Å². The van der Waals surface area contributed by atoms with Crippen LogP contribution in [0.25, 0.3) is 0 Å². The van der Waals surface area contributed by atoms with Gasteiger partial charge in [-0.25, -0.2) is 8.78 Å². The zero-order chi connectivity index (χ0) is 13.7. The summed E-state index contributed by atoms with van der Waals surface area (Å²) in [5.41, 5.74) is -0.0415. The van der Waals surface area contributed by atoms with Crippen molar-refractivity contribution in [2.75, 3.05) is 0 Å². The normalized spacial score (nSPS) is 14.6. The third-order valence-electron chi connectivity index (χ3n) is 3.22. The second kappa shape index (κ2) is 7.19. The molecule has 0 aromatic heterocycles. The summed E-state index contributed by atoms with van der Waals surface area (Å²) in [4.78, 5) is 0. The predicted octanol–water partition coefficient (Wildman–Crippen LogP) is 4.46. The second-order valence-corrected chi connectivity index (χ2v) is 5.57. The predicted molar refractivity (Wildman–Crippen MR) is 72.5 cm³/mol. The average molecular weight is 321 g/mol. The van der Waals surface area contributed by atoms with Crippen molar-refractivity contribution in [2.24, 2.45) is 5.92 Å². The number of halogens is 3. The Morgan fingerprint density at radius 1 is 1.33 bits per heavy atom. The molecule has 4 heteroatoms. The van der Waals surface area contributed by atoms with Crippen LogP contribution in [0.4, 0.5) is 8.78 Å². The molecular weight excluding hydrogens is 302 g/mol. The van der Waals surface area contributed by atoms with E-state index in [1.54, 1.807) is 0 Å². The molecule has 0 aliphatic heterocycles. The Kier molecular flexibility index (Phi) is 6.22. The summed E-state index contributed by atoms with van der Waals surface area (Å²) in [6, 6.07) is 2.55. The summed E-state index contributed by atoms with van der Waals surface area (Å²) in [6.07, 6.45) is 2.24. The Labute approximate surface area is 115 Å². The van der Waals surface area contributed by atoms with Crippen molar-refractivity contribution in [3.63, 3.8) is 0 Å². The largest absolute Gasteiger partial charge is 0.393 e. The molecule has 1 aromatic rings. The molecule has 0 saturated carbocycles. The summed E-state index contributed by atoms with van der Waals surface area (Å²) in [5, 5.41) is 9.99. The van der Waals surface area contributed by atoms with E-state index in [4.69, 9.17) is 0 Å². The van der Waals surface area contributed by atoms with Crippen molar-refractivity contribution >= 4 is 15.9 Å². The molecule has 1 N–H and O–H groups in total. The molecule has 2 atom stereocenters. The molecule has 2 unspecified atom stereocenters. The summed E-state index contributed by atoms with van der Waals surface area (Å²) in [6.45, 7) is 3.99. The first-order chi connectivity index (χ1) is 8.47. The van der Waals surface area contributed by atoms with E-state index in [2.05, 4.69) is 22.9 Å². The molecule has 0 aliphatic carbocycles. The molecule has 0 saturated heterocycles. The molecule has 0 spiro atoms. The minimum Gasteiger partial charge on any atom is -0.393 e. The van der Waals surface area contributed by atoms with E-state index >= 15 is 0 Å². The van der Waals surface area contributed by atoms with Gasteiger partial charge >= 0.3 is 0 Å². The molecule has 0 heterocycles. The van der Waals surface area contributed by atoms with E-state index < -0.39 is 17.7 Å². The summed E-state index contributed by atoms with van der Waals surface area (Å²) < 4.78 is 27.5. The first kappa shape index (κ1) is 15.6. The number of hydrogen-bond donors (Lipinski definition) is 1. The number of hydrogen-bond acceptors (Lipinski definition) is 1. The van der Waals surface area contributed by atoms with Gasteiger partial charge in [-0.05, 0) is 40.4 Å². The average Bonchev–Trinajstić information content (AvgIpc) is 2.36.